The van der Waals surface area contributed by atoms with Crippen molar-refractivity contribution in [3.05, 3.63) is 65.2 Å². The number of sulfonamides is 1. The molecule has 0 radical (unpaired) electrons. The number of ether oxygens (including phenoxy) is 1. The lowest BCUT2D eigenvalue weighted by molar-refractivity contribution is -0.123. The van der Waals surface area contributed by atoms with E-state index in [0.29, 0.717) is 0 Å². The molecule has 1 fully saturated rings. The molecule has 160 valence electrons. The standard InChI is InChI=1S/C20H18N4O5S2/c1-29-16-8-7-14(19(26)22-20-23-21-12-30-20)9-17(16)31(27,28)24-11-15(10-18(24)25)13-5-3-2-4-6-13/h2-9,12,15H,10-11H2,1H3,(H,22,23,26)/t15-/m0/s1. The quantitative estimate of drug-likeness (QED) is 0.603. The highest BCUT2D eigenvalue weighted by Gasteiger charge is 2.40. The van der Waals surface area contributed by atoms with Crippen molar-refractivity contribution in [1.82, 2.24) is 14.5 Å². The molecular formula is C20H18N4O5S2. The highest BCUT2D eigenvalue weighted by Crippen LogP contribution is 2.35. The van der Waals surface area contributed by atoms with Gasteiger partial charge in [0.2, 0.25) is 11.0 Å². The van der Waals surface area contributed by atoms with Gasteiger partial charge < -0.3 is 4.74 Å². The molecule has 1 N–H and O–H groups in total. The smallest absolute Gasteiger partial charge is 0.270 e. The summed E-state index contributed by atoms with van der Waals surface area (Å²) < 4.78 is 32.8. The number of methoxy groups -OCH3 is 1. The summed E-state index contributed by atoms with van der Waals surface area (Å²) in [5.74, 6) is -1.24. The molecule has 1 atom stereocenters. The normalized spacial score (nSPS) is 16.4. The molecule has 2 amide bonds. The predicted molar refractivity (Wildman–Crippen MR) is 114 cm³/mol. The van der Waals surface area contributed by atoms with Crippen LogP contribution in [0.25, 0.3) is 0 Å². The molecule has 1 saturated heterocycles. The number of carbonyl (C=O) groups is 2. The van der Waals surface area contributed by atoms with E-state index in [4.69, 9.17) is 4.74 Å². The zero-order valence-corrected chi connectivity index (χ0v) is 18.0. The summed E-state index contributed by atoms with van der Waals surface area (Å²) in [6.07, 6.45) is 0.0861. The molecule has 0 aliphatic carbocycles. The third kappa shape index (κ3) is 4.14. The number of hydrogen-bond donors (Lipinski definition) is 1. The van der Waals surface area contributed by atoms with E-state index in [1.54, 1.807) is 0 Å². The molecule has 0 bridgehead atoms. The van der Waals surface area contributed by atoms with Crippen LogP contribution in [0.15, 0.2) is 58.9 Å². The topological polar surface area (TPSA) is 119 Å². The number of amides is 2. The van der Waals surface area contributed by atoms with Gasteiger partial charge in [-0.05, 0) is 23.8 Å². The van der Waals surface area contributed by atoms with Crippen LogP contribution in [0.4, 0.5) is 5.13 Å². The minimum absolute atomic E-state index is 0.0234. The zero-order valence-electron chi connectivity index (χ0n) is 16.4. The summed E-state index contributed by atoms with van der Waals surface area (Å²) in [5.41, 5.74) is 2.44. The first-order chi connectivity index (χ1) is 14.9. The number of benzene rings is 2. The van der Waals surface area contributed by atoms with Crippen molar-refractivity contribution in [1.29, 1.82) is 0 Å². The lowest BCUT2D eigenvalue weighted by Crippen LogP contribution is -2.32. The predicted octanol–water partition coefficient (Wildman–Crippen LogP) is 2.50. The maximum atomic E-state index is 13.4. The Morgan fingerprint density at radius 3 is 2.68 bits per heavy atom. The highest BCUT2D eigenvalue weighted by atomic mass is 32.2. The highest BCUT2D eigenvalue weighted by molar-refractivity contribution is 7.89. The van der Waals surface area contributed by atoms with Crippen LogP contribution in [0, 0.1) is 0 Å². The Kier molecular flexibility index (Phi) is 5.70. The summed E-state index contributed by atoms with van der Waals surface area (Å²) in [6, 6.07) is 13.3. The average molecular weight is 459 g/mol. The van der Waals surface area contributed by atoms with Crippen LogP contribution in [-0.2, 0) is 14.8 Å². The Labute approximate surface area is 182 Å². The molecule has 0 unspecified atom stereocenters. The van der Waals surface area contributed by atoms with Gasteiger partial charge in [0.25, 0.3) is 15.9 Å². The van der Waals surface area contributed by atoms with Gasteiger partial charge in [0.1, 0.15) is 16.2 Å². The molecule has 0 spiro atoms. The Hall–Kier alpha value is -3.31. The average Bonchev–Trinajstić information content (AvgIpc) is 3.43. The third-order valence-electron chi connectivity index (χ3n) is 4.93. The molecule has 11 heteroatoms. The first-order valence-corrected chi connectivity index (χ1v) is 11.6. The second-order valence-corrected chi connectivity index (χ2v) is 9.47. The van der Waals surface area contributed by atoms with E-state index >= 15 is 0 Å². The zero-order chi connectivity index (χ0) is 22.0. The second kappa shape index (κ2) is 8.44. The number of carbonyl (C=O) groups excluding carboxylic acids is 2. The van der Waals surface area contributed by atoms with Crippen molar-refractivity contribution in [2.24, 2.45) is 0 Å². The SMILES string of the molecule is COc1ccc(C(=O)Nc2nncs2)cc1S(=O)(=O)N1C[C@@H](c2ccccc2)CC1=O. The van der Waals surface area contributed by atoms with E-state index < -0.39 is 21.8 Å². The van der Waals surface area contributed by atoms with Gasteiger partial charge in [-0.2, -0.15) is 0 Å². The Morgan fingerprint density at radius 1 is 1.23 bits per heavy atom. The fourth-order valence-corrected chi connectivity index (χ4v) is 5.47. The number of aromatic nitrogens is 2. The summed E-state index contributed by atoms with van der Waals surface area (Å²) in [7, 11) is -2.91. The van der Waals surface area contributed by atoms with Crippen LogP contribution < -0.4 is 10.1 Å². The minimum atomic E-state index is -4.24. The number of rotatable bonds is 6. The van der Waals surface area contributed by atoms with Crippen LogP contribution in [0.5, 0.6) is 5.75 Å². The summed E-state index contributed by atoms with van der Waals surface area (Å²) in [6.45, 7) is 0.0234. The number of hydrogen-bond acceptors (Lipinski definition) is 8. The summed E-state index contributed by atoms with van der Waals surface area (Å²) >= 11 is 1.13. The van der Waals surface area contributed by atoms with Crippen LogP contribution >= 0.6 is 11.3 Å². The van der Waals surface area contributed by atoms with E-state index in [9.17, 15) is 18.0 Å². The van der Waals surface area contributed by atoms with E-state index in [2.05, 4.69) is 15.5 Å². The maximum Gasteiger partial charge on any atom is 0.270 e. The maximum absolute atomic E-state index is 13.4. The van der Waals surface area contributed by atoms with Crippen LogP contribution in [0.3, 0.4) is 0 Å². The monoisotopic (exact) mass is 458 g/mol. The van der Waals surface area contributed by atoms with Gasteiger partial charge in [-0.25, -0.2) is 12.7 Å². The van der Waals surface area contributed by atoms with Crippen molar-refractivity contribution < 1.29 is 22.7 Å². The lowest BCUT2D eigenvalue weighted by Gasteiger charge is -2.19. The molecule has 0 saturated carbocycles. The van der Waals surface area contributed by atoms with Gasteiger partial charge in [-0.15, -0.1) is 10.2 Å². The van der Waals surface area contributed by atoms with Gasteiger partial charge in [0, 0.05) is 24.4 Å². The summed E-state index contributed by atoms with van der Waals surface area (Å²) in [4.78, 5) is 24.9. The molecule has 1 aromatic heterocycles. The Balaban J connectivity index is 1.65. The van der Waals surface area contributed by atoms with E-state index in [0.717, 1.165) is 21.2 Å². The van der Waals surface area contributed by atoms with Crippen LogP contribution in [0.2, 0.25) is 0 Å². The van der Waals surface area contributed by atoms with E-state index in [1.807, 2.05) is 30.3 Å². The fraction of sp³-hybridized carbons (Fsp3) is 0.200. The molecule has 31 heavy (non-hydrogen) atoms. The molecule has 1 aliphatic heterocycles. The van der Waals surface area contributed by atoms with Crippen molar-refractivity contribution in [2.75, 3.05) is 19.0 Å². The van der Waals surface area contributed by atoms with Crippen LogP contribution in [-0.4, -0.2) is 48.4 Å². The molecule has 9 nitrogen and oxygen atoms in total. The van der Waals surface area contributed by atoms with Gasteiger partial charge in [-0.1, -0.05) is 41.7 Å². The largest absolute Gasteiger partial charge is 0.495 e. The Morgan fingerprint density at radius 2 is 2.00 bits per heavy atom. The van der Waals surface area contributed by atoms with Crippen molar-refractivity contribution in [2.45, 2.75) is 17.2 Å². The first kappa shape index (κ1) is 20.9. The molecular weight excluding hydrogens is 440 g/mol. The molecule has 1 aliphatic rings. The fourth-order valence-electron chi connectivity index (χ4n) is 3.39. The lowest BCUT2D eigenvalue weighted by atomic mass is 9.99. The summed E-state index contributed by atoms with van der Waals surface area (Å²) in [5, 5.41) is 10.2. The van der Waals surface area contributed by atoms with Gasteiger partial charge in [0.15, 0.2) is 0 Å². The number of anilines is 1. The van der Waals surface area contributed by atoms with Gasteiger partial charge in [0.05, 0.1) is 7.11 Å². The Bertz CT molecular complexity index is 1210. The van der Waals surface area contributed by atoms with Crippen molar-refractivity contribution in [3.8, 4) is 5.75 Å². The molecule has 2 aromatic carbocycles. The first-order valence-electron chi connectivity index (χ1n) is 9.26. The molecule has 3 aromatic rings. The second-order valence-electron chi connectivity index (χ2n) is 6.81. The molecule has 2 heterocycles. The van der Waals surface area contributed by atoms with E-state index in [1.165, 1.54) is 30.8 Å². The van der Waals surface area contributed by atoms with E-state index in [-0.39, 0.29) is 40.2 Å². The van der Waals surface area contributed by atoms with Crippen LogP contribution in [0.1, 0.15) is 28.3 Å². The number of nitrogens with one attached hydrogen (secondary N) is 1. The van der Waals surface area contributed by atoms with Crippen molar-refractivity contribution >= 4 is 38.3 Å². The van der Waals surface area contributed by atoms with Gasteiger partial charge in [-0.3, -0.25) is 14.9 Å². The van der Waals surface area contributed by atoms with Gasteiger partial charge >= 0.3 is 0 Å². The number of nitrogens with zero attached hydrogens (tertiary/aromatic N) is 3. The molecule has 4 rings (SSSR count). The minimum Gasteiger partial charge on any atom is -0.495 e. The van der Waals surface area contributed by atoms with Crippen molar-refractivity contribution in [3.63, 3.8) is 0 Å². The third-order valence-corrected chi connectivity index (χ3v) is 7.35.